The van der Waals surface area contributed by atoms with Crippen LogP contribution in [0.3, 0.4) is 0 Å². The first kappa shape index (κ1) is 11.9. The van der Waals surface area contributed by atoms with Gasteiger partial charge in [0, 0.05) is 51.4 Å². The number of hydrogen-bond acceptors (Lipinski definition) is 4. The fraction of sp³-hybridized carbons (Fsp3) is 1.00. The summed E-state index contributed by atoms with van der Waals surface area (Å²) in [5.41, 5.74) is 5.53. The molecule has 4 nitrogen and oxygen atoms in total. The SMILES string of the molecule is C[C@@H]1CNCCN1CCN[C@@H](C)CN. The molecule has 2 atom stereocenters. The van der Waals surface area contributed by atoms with E-state index >= 15 is 0 Å². The minimum absolute atomic E-state index is 0.438. The Morgan fingerprint density at radius 2 is 2.43 bits per heavy atom. The van der Waals surface area contributed by atoms with Crippen molar-refractivity contribution in [2.75, 3.05) is 39.3 Å². The summed E-state index contributed by atoms with van der Waals surface area (Å²) in [6.07, 6.45) is 0. The van der Waals surface area contributed by atoms with Crippen LogP contribution in [0.1, 0.15) is 13.8 Å². The van der Waals surface area contributed by atoms with Crippen molar-refractivity contribution < 1.29 is 0 Å². The Morgan fingerprint density at radius 3 is 3.07 bits per heavy atom. The molecule has 1 saturated heterocycles. The monoisotopic (exact) mass is 200 g/mol. The van der Waals surface area contributed by atoms with Gasteiger partial charge in [-0.15, -0.1) is 0 Å². The van der Waals surface area contributed by atoms with Gasteiger partial charge in [0.25, 0.3) is 0 Å². The molecule has 1 aliphatic rings. The summed E-state index contributed by atoms with van der Waals surface area (Å²) in [7, 11) is 0. The fourth-order valence-corrected chi connectivity index (χ4v) is 1.75. The molecule has 0 unspecified atom stereocenters. The van der Waals surface area contributed by atoms with Crippen molar-refractivity contribution in [3.8, 4) is 0 Å². The second-order valence-corrected chi connectivity index (χ2v) is 4.18. The van der Waals surface area contributed by atoms with E-state index in [0.29, 0.717) is 12.1 Å². The maximum Gasteiger partial charge on any atom is 0.0193 e. The Kier molecular flexibility index (Phi) is 5.40. The fourth-order valence-electron chi connectivity index (χ4n) is 1.75. The molecule has 0 aliphatic carbocycles. The molecule has 1 rings (SSSR count). The molecular weight excluding hydrogens is 176 g/mol. The molecule has 1 aliphatic heterocycles. The zero-order valence-electron chi connectivity index (χ0n) is 9.42. The highest BCUT2D eigenvalue weighted by Gasteiger charge is 2.16. The second kappa shape index (κ2) is 6.35. The summed E-state index contributed by atoms with van der Waals surface area (Å²) in [6, 6.07) is 1.10. The Hall–Kier alpha value is -0.160. The first-order chi connectivity index (χ1) is 6.74. The highest BCUT2D eigenvalue weighted by molar-refractivity contribution is 4.76. The van der Waals surface area contributed by atoms with E-state index in [2.05, 4.69) is 29.4 Å². The van der Waals surface area contributed by atoms with E-state index in [0.717, 1.165) is 32.7 Å². The van der Waals surface area contributed by atoms with Gasteiger partial charge in [0.2, 0.25) is 0 Å². The van der Waals surface area contributed by atoms with Crippen LogP contribution >= 0.6 is 0 Å². The zero-order chi connectivity index (χ0) is 10.4. The molecule has 0 saturated carbocycles. The zero-order valence-corrected chi connectivity index (χ0v) is 9.42. The van der Waals surface area contributed by atoms with Gasteiger partial charge in [-0.3, -0.25) is 4.90 Å². The van der Waals surface area contributed by atoms with Crippen molar-refractivity contribution >= 4 is 0 Å². The lowest BCUT2D eigenvalue weighted by Gasteiger charge is -2.34. The van der Waals surface area contributed by atoms with Crippen molar-refractivity contribution in [2.45, 2.75) is 25.9 Å². The number of nitrogens with two attached hydrogens (primary N) is 1. The molecule has 0 bridgehead atoms. The smallest absolute Gasteiger partial charge is 0.0193 e. The minimum Gasteiger partial charge on any atom is -0.329 e. The maximum atomic E-state index is 5.53. The summed E-state index contributed by atoms with van der Waals surface area (Å²) in [5.74, 6) is 0. The van der Waals surface area contributed by atoms with Gasteiger partial charge < -0.3 is 16.4 Å². The van der Waals surface area contributed by atoms with Crippen LogP contribution in [0.25, 0.3) is 0 Å². The number of nitrogens with one attached hydrogen (secondary N) is 2. The lowest BCUT2D eigenvalue weighted by molar-refractivity contribution is 0.173. The highest BCUT2D eigenvalue weighted by Crippen LogP contribution is 2.00. The van der Waals surface area contributed by atoms with Crippen LogP contribution < -0.4 is 16.4 Å². The van der Waals surface area contributed by atoms with Crippen LogP contribution in [-0.4, -0.2) is 56.3 Å². The second-order valence-electron chi connectivity index (χ2n) is 4.18. The van der Waals surface area contributed by atoms with E-state index in [9.17, 15) is 0 Å². The van der Waals surface area contributed by atoms with Gasteiger partial charge >= 0.3 is 0 Å². The summed E-state index contributed by atoms with van der Waals surface area (Å²) in [5, 5.41) is 6.81. The highest BCUT2D eigenvalue weighted by atomic mass is 15.2. The third-order valence-electron chi connectivity index (χ3n) is 2.88. The van der Waals surface area contributed by atoms with E-state index in [4.69, 9.17) is 5.73 Å². The average Bonchev–Trinajstić information content (AvgIpc) is 2.20. The molecule has 14 heavy (non-hydrogen) atoms. The van der Waals surface area contributed by atoms with Crippen molar-refractivity contribution in [1.29, 1.82) is 0 Å². The van der Waals surface area contributed by atoms with Crippen molar-refractivity contribution in [2.24, 2.45) is 5.73 Å². The molecule has 1 fully saturated rings. The van der Waals surface area contributed by atoms with Gasteiger partial charge in [-0.25, -0.2) is 0 Å². The van der Waals surface area contributed by atoms with Crippen LogP contribution in [0.2, 0.25) is 0 Å². The third-order valence-corrected chi connectivity index (χ3v) is 2.88. The minimum atomic E-state index is 0.438. The van der Waals surface area contributed by atoms with Crippen LogP contribution in [0, 0.1) is 0 Å². The van der Waals surface area contributed by atoms with Gasteiger partial charge in [0.15, 0.2) is 0 Å². The van der Waals surface area contributed by atoms with E-state index in [1.54, 1.807) is 0 Å². The number of hydrogen-bond donors (Lipinski definition) is 3. The average molecular weight is 200 g/mol. The molecule has 4 N–H and O–H groups in total. The Morgan fingerprint density at radius 1 is 1.64 bits per heavy atom. The molecule has 0 aromatic carbocycles. The summed E-state index contributed by atoms with van der Waals surface area (Å²) in [4.78, 5) is 2.52. The molecule has 0 spiro atoms. The third kappa shape index (κ3) is 3.92. The van der Waals surface area contributed by atoms with Crippen LogP contribution in [0.15, 0.2) is 0 Å². The Balaban J connectivity index is 2.10. The first-order valence-corrected chi connectivity index (χ1v) is 5.62. The predicted molar refractivity (Wildman–Crippen MR) is 60.4 cm³/mol. The van der Waals surface area contributed by atoms with Crippen LogP contribution in [0.4, 0.5) is 0 Å². The summed E-state index contributed by atoms with van der Waals surface area (Å²) < 4.78 is 0. The van der Waals surface area contributed by atoms with Gasteiger partial charge in [0.05, 0.1) is 0 Å². The van der Waals surface area contributed by atoms with Crippen LogP contribution in [-0.2, 0) is 0 Å². The molecule has 0 radical (unpaired) electrons. The van der Waals surface area contributed by atoms with Crippen molar-refractivity contribution in [3.05, 3.63) is 0 Å². The summed E-state index contributed by atoms with van der Waals surface area (Å²) >= 11 is 0. The van der Waals surface area contributed by atoms with Crippen LogP contribution in [0.5, 0.6) is 0 Å². The standard InChI is InChI=1S/C10H24N4/c1-9(7-11)13-4-6-14-5-3-12-8-10(14)2/h9-10,12-13H,3-8,11H2,1-2H3/t9-,10+/m0/s1. The number of rotatable bonds is 5. The topological polar surface area (TPSA) is 53.3 Å². The number of nitrogens with zero attached hydrogens (tertiary/aromatic N) is 1. The maximum absolute atomic E-state index is 5.53. The molecule has 0 aromatic heterocycles. The molecule has 1 heterocycles. The van der Waals surface area contributed by atoms with Crippen molar-refractivity contribution in [1.82, 2.24) is 15.5 Å². The normalized spacial score (nSPS) is 26.4. The van der Waals surface area contributed by atoms with E-state index < -0.39 is 0 Å². The Labute approximate surface area is 87.2 Å². The summed E-state index contributed by atoms with van der Waals surface area (Å²) in [6.45, 7) is 10.7. The largest absolute Gasteiger partial charge is 0.329 e. The molecular formula is C10H24N4. The molecule has 4 heteroatoms. The van der Waals surface area contributed by atoms with E-state index in [1.165, 1.54) is 6.54 Å². The number of piperazine rings is 1. The lowest BCUT2D eigenvalue weighted by atomic mass is 10.2. The van der Waals surface area contributed by atoms with Crippen molar-refractivity contribution in [3.63, 3.8) is 0 Å². The predicted octanol–water partition coefficient (Wildman–Crippen LogP) is -0.783. The van der Waals surface area contributed by atoms with Gasteiger partial charge in [-0.05, 0) is 13.8 Å². The van der Waals surface area contributed by atoms with E-state index in [-0.39, 0.29) is 0 Å². The lowest BCUT2D eigenvalue weighted by Crippen LogP contribution is -2.52. The molecule has 84 valence electrons. The quantitative estimate of drug-likeness (QED) is 0.545. The van der Waals surface area contributed by atoms with Gasteiger partial charge in [-0.2, -0.15) is 0 Å². The first-order valence-electron chi connectivity index (χ1n) is 5.62. The Bertz CT molecular complexity index is 151. The molecule has 0 amide bonds. The molecule has 0 aromatic rings. The van der Waals surface area contributed by atoms with Gasteiger partial charge in [-0.1, -0.05) is 0 Å². The van der Waals surface area contributed by atoms with Gasteiger partial charge in [0.1, 0.15) is 0 Å². The van der Waals surface area contributed by atoms with E-state index in [1.807, 2.05) is 0 Å².